The monoisotopic (exact) mass is 292 g/mol. The van der Waals surface area contributed by atoms with Crippen molar-refractivity contribution in [2.75, 3.05) is 27.3 Å². The van der Waals surface area contributed by atoms with E-state index in [9.17, 15) is 9.59 Å². The number of nitrogens with one attached hydrogen (secondary N) is 2. The fourth-order valence-electron chi connectivity index (χ4n) is 1.61. The number of hydrogen-bond donors (Lipinski definition) is 2. The van der Waals surface area contributed by atoms with Gasteiger partial charge in [0, 0.05) is 26.1 Å². The molecule has 0 bridgehead atoms. The molecule has 0 aliphatic carbocycles. The Morgan fingerprint density at radius 3 is 2.38 bits per heavy atom. The van der Waals surface area contributed by atoms with E-state index in [2.05, 4.69) is 10.6 Å². The molecule has 0 saturated carbocycles. The maximum absolute atomic E-state index is 11.6. The van der Waals surface area contributed by atoms with Gasteiger partial charge in [-0.1, -0.05) is 6.07 Å². The van der Waals surface area contributed by atoms with Crippen LogP contribution in [0, 0.1) is 0 Å². The standard InChI is InChI=1S/C15H20N2O4/c1-11(18)16-8-9-17-15(19)7-5-12-4-6-13(20-2)14(10-12)21-3/h4-7,10H,8-9H2,1-3H3,(H,16,18)(H,17,19)/b7-5+. The number of carbonyl (C=O) groups is 2. The van der Waals surface area contributed by atoms with Crippen molar-refractivity contribution in [2.45, 2.75) is 6.92 Å². The average Bonchev–Trinajstić information content (AvgIpc) is 2.48. The number of carbonyl (C=O) groups excluding carboxylic acids is 2. The number of hydrogen-bond acceptors (Lipinski definition) is 4. The fraction of sp³-hybridized carbons (Fsp3) is 0.333. The fourth-order valence-corrected chi connectivity index (χ4v) is 1.61. The van der Waals surface area contributed by atoms with Gasteiger partial charge in [-0.05, 0) is 23.8 Å². The van der Waals surface area contributed by atoms with Crippen molar-refractivity contribution < 1.29 is 19.1 Å². The molecule has 6 nitrogen and oxygen atoms in total. The summed E-state index contributed by atoms with van der Waals surface area (Å²) in [6, 6.07) is 5.37. The molecule has 0 aliphatic heterocycles. The molecular weight excluding hydrogens is 272 g/mol. The Bertz CT molecular complexity index is 526. The van der Waals surface area contributed by atoms with Gasteiger partial charge >= 0.3 is 0 Å². The van der Waals surface area contributed by atoms with Crippen molar-refractivity contribution >= 4 is 17.9 Å². The predicted octanol–water partition coefficient (Wildman–Crippen LogP) is 0.969. The first kappa shape index (κ1) is 16.6. The van der Waals surface area contributed by atoms with Crippen molar-refractivity contribution in [3.63, 3.8) is 0 Å². The molecule has 2 amide bonds. The van der Waals surface area contributed by atoms with Crippen molar-refractivity contribution in [2.24, 2.45) is 0 Å². The number of ether oxygens (including phenoxy) is 2. The van der Waals surface area contributed by atoms with Crippen molar-refractivity contribution in [3.05, 3.63) is 29.8 Å². The summed E-state index contributed by atoms with van der Waals surface area (Å²) in [4.78, 5) is 22.2. The van der Waals surface area contributed by atoms with Crippen LogP contribution in [0.1, 0.15) is 12.5 Å². The molecule has 114 valence electrons. The van der Waals surface area contributed by atoms with Crippen LogP contribution >= 0.6 is 0 Å². The third-order valence-corrected chi connectivity index (χ3v) is 2.63. The van der Waals surface area contributed by atoms with Crippen LogP contribution in [0.4, 0.5) is 0 Å². The summed E-state index contributed by atoms with van der Waals surface area (Å²) in [5.41, 5.74) is 0.824. The molecule has 0 atom stereocenters. The zero-order valence-electron chi connectivity index (χ0n) is 12.4. The van der Waals surface area contributed by atoms with E-state index >= 15 is 0 Å². The number of rotatable bonds is 7. The lowest BCUT2D eigenvalue weighted by Crippen LogP contribution is -2.32. The molecule has 0 aromatic heterocycles. The minimum absolute atomic E-state index is 0.120. The van der Waals surface area contributed by atoms with Gasteiger partial charge in [-0.2, -0.15) is 0 Å². The highest BCUT2D eigenvalue weighted by molar-refractivity contribution is 5.91. The quantitative estimate of drug-likeness (QED) is 0.580. The van der Waals surface area contributed by atoms with Crippen LogP contribution in [0.15, 0.2) is 24.3 Å². The van der Waals surface area contributed by atoms with Crippen LogP contribution in [0.25, 0.3) is 6.08 Å². The molecule has 2 N–H and O–H groups in total. The van der Waals surface area contributed by atoms with E-state index in [4.69, 9.17) is 9.47 Å². The van der Waals surface area contributed by atoms with Crippen LogP contribution < -0.4 is 20.1 Å². The summed E-state index contributed by atoms with van der Waals surface area (Å²) < 4.78 is 10.3. The van der Waals surface area contributed by atoms with Crippen LogP contribution in [-0.4, -0.2) is 39.1 Å². The molecular formula is C15H20N2O4. The lowest BCUT2D eigenvalue weighted by atomic mass is 10.2. The third kappa shape index (κ3) is 5.99. The van der Waals surface area contributed by atoms with Gasteiger partial charge in [0.25, 0.3) is 0 Å². The minimum Gasteiger partial charge on any atom is -0.493 e. The summed E-state index contributed by atoms with van der Waals surface area (Å²) in [6.07, 6.45) is 3.10. The van der Waals surface area contributed by atoms with Gasteiger partial charge in [0.1, 0.15) is 0 Å². The molecule has 1 aromatic carbocycles. The van der Waals surface area contributed by atoms with Gasteiger partial charge in [-0.15, -0.1) is 0 Å². The Balaban J connectivity index is 2.52. The minimum atomic E-state index is -0.227. The first-order valence-corrected chi connectivity index (χ1v) is 6.49. The topological polar surface area (TPSA) is 76.7 Å². The van der Waals surface area contributed by atoms with Crippen molar-refractivity contribution in [3.8, 4) is 11.5 Å². The third-order valence-electron chi connectivity index (χ3n) is 2.63. The Hall–Kier alpha value is -2.50. The molecule has 1 aromatic rings. The Morgan fingerprint density at radius 1 is 1.10 bits per heavy atom. The lowest BCUT2D eigenvalue weighted by molar-refractivity contribution is -0.119. The molecule has 0 radical (unpaired) electrons. The normalized spacial score (nSPS) is 10.2. The van der Waals surface area contributed by atoms with Crippen LogP contribution in [0.3, 0.4) is 0 Å². The molecule has 0 fully saturated rings. The highest BCUT2D eigenvalue weighted by atomic mass is 16.5. The highest BCUT2D eigenvalue weighted by Gasteiger charge is 2.03. The number of benzene rings is 1. The molecule has 21 heavy (non-hydrogen) atoms. The summed E-state index contributed by atoms with van der Waals surface area (Å²) >= 11 is 0. The maximum Gasteiger partial charge on any atom is 0.244 e. The summed E-state index contributed by atoms with van der Waals surface area (Å²) in [5.74, 6) is 0.889. The zero-order chi connectivity index (χ0) is 15.7. The highest BCUT2D eigenvalue weighted by Crippen LogP contribution is 2.27. The van der Waals surface area contributed by atoms with Gasteiger partial charge in [-0.25, -0.2) is 0 Å². The first-order chi connectivity index (χ1) is 10.1. The number of methoxy groups -OCH3 is 2. The number of amides is 2. The second-order valence-electron chi connectivity index (χ2n) is 4.22. The summed E-state index contributed by atoms with van der Waals surface area (Å²) in [5, 5.41) is 5.26. The molecule has 1 rings (SSSR count). The van der Waals surface area contributed by atoms with E-state index in [0.29, 0.717) is 24.6 Å². The molecule has 0 heterocycles. The van der Waals surface area contributed by atoms with E-state index in [0.717, 1.165) is 5.56 Å². The van der Waals surface area contributed by atoms with Crippen molar-refractivity contribution in [1.82, 2.24) is 10.6 Å². The largest absolute Gasteiger partial charge is 0.493 e. The van der Waals surface area contributed by atoms with E-state index in [1.807, 2.05) is 6.07 Å². The predicted molar refractivity (Wildman–Crippen MR) is 80.3 cm³/mol. The molecule has 6 heteroatoms. The van der Waals surface area contributed by atoms with E-state index in [1.54, 1.807) is 32.4 Å². The average molecular weight is 292 g/mol. The lowest BCUT2D eigenvalue weighted by Gasteiger charge is -2.07. The SMILES string of the molecule is COc1ccc(/C=C/C(=O)NCCNC(C)=O)cc1OC. The molecule has 0 saturated heterocycles. The van der Waals surface area contributed by atoms with Gasteiger partial charge in [0.2, 0.25) is 11.8 Å². The van der Waals surface area contributed by atoms with E-state index in [-0.39, 0.29) is 11.8 Å². The van der Waals surface area contributed by atoms with Crippen molar-refractivity contribution in [1.29, 1.82) is 0 Å². The van der Waals surface area contributed by atoms with Gasteiger partial charge < -0.3 is 20.1 Å². The van der Waals surface area contributed by atoms with Gasteiger partial charge in [-0.3, -0.25) is 9.59 Å². The maximum atomic E-state index is 11.6. The van der Waals surface area contributed by atoms with E-state index in [1.165, 1.54) is 13.0 Å². The zero-order valence-corrected chi connectivity index (χ0v) is 12.4. The van der Waals surface area contributed by atoms with Crippen LogP contribution in [0.5, 0.6) is 11.5 Å². The van der Waals surface area contributed by atoms with Crippen LogP contribution in [-0.2, 0) is 9.59 Å². The molecule has 0 unspecified atom stereocenters. The summed E-state index contributed by atoms with van der Waals surface area (Å²) in [7, 11) is 3.12. The Labute approximate surface area is 124 Å². The first-order valence-electron chi connectivity index (χ1n) is 6.49. The second-order valence-corrected chi connectivity index (χ2v) is 4.22. The summed E-state index contributed by atoms with van der Waals surface area (Å²) in [6.45, 7) is 2.22. The van der Waals surface area contributed by atoms with Gasteiger partial charge in [0.15, 0.2) is 11.5 Å². The molecule has 0 aliphatic rings. The van der Waals surface area contributed by atoms with Crippen LogP contribution in [0.2, 0.25) is 0 Å². The Morgan fingerprint density at radius 2 is 1.76 bits per heavy atom. The smallest absolute Gasteiger partial charge is 0.244 e. The molecule has 0 spiro atoms. The Kier molecular flexibility index (Phi) is 6.80. The second kappa shape index (κ2) is 8.63. The van der Waals surface area contributed by atoms with Gasteiger partial charge in [0.05, 0.1) is 14.2 Å². The van der Waals surface area contributed by atoms with E-state index < -0.39 is 0 Å².